The van der Waals surface area contributed by atoms with Crippen molar-refractivity contribution in [2.24, 2.45) is 0 Å². The Balaban J connectivity index is 1.20. The van der Waals surface area contributed by atoms with Crippen molar-refractivity contribution in [1.29, 1.82) is 0 Å². The number of carbonyl (C=O) groups excluding carboxylic acids is 1. The van der Waals surface area contributed by atoms with E-state index in [1.807, 2.05) is 46.4 Å². The van der Waals surface area contributed by atoms with Crippen LogP contribution in [0, 0.1) is 0 Å². The van der Waals surface area contributed by atoms with Crippen molar-refractivity contribution < 1.29 is 13.2 Å². The molecule has 1 saturated heterocycles. The molecule has 0 saturated carbocycles. The average molecular weight is 481 g/mol. The third-order valence-electron chi connectivity index (χ3n) is 5.80. The maximum Gasteiger partial charge on any atom is 0.243 e. The zero-order chi connectivity index (χ0) is 22.8. The number of piperidine rings is 1. The molecule has 0 spiro atoms. The molecule has 1 aliphatic rings. The Bertz CT molecular complexity index is 1340. The summed E-state index contributed by atoms with van der Waals surface area (Å²) in [6, 6.07) is 14.2. The summed E-state index contributed by atoms with van der Waals surface area (Å²) in [5, 5.41) is 4.89. The largest absolute Gasteiger partial charge is 0.326 e. The van der Waals surface area contributed by atoms with E-state index in [-0.39, 0.29) is 17.2 Å². The monoisotopic (exact) mass is 480 g/mol. The second-order valence-corrected chi connectivity index (χ2v) is 10.9. The molecule has 0 bridgehead atoms. The molecular weight excluding hydrogens is 456 g/mol. The first kappa shape index (κ1) is 21.8. The number of benzene rings is 2. The first-order valence-electron chi connectivity index (χ1n) is 10.9. The van der Waals surface area contributed by atoms with Gasteiger partial charge >= 0.3 is 0 Å². The summed E-state index contributed by atoms with van der Waals surface area (Å²) in [5.41, 5.74) is 3.34. The van der Waals surface area contributed by atoms with Gasteiger partial charge in [-0.25, -0.2) is 13.4 Å². The third kappa shape index (κ3) is 4.71. The van der Waals surface area contributed by atoms with E-state index >= 15 is 0 Å². The van der Waals surface area contributed by atoms with Crippen molar-refractivity contribution in [3.8, 4) is 11.3 Å². The predicted octanol–water partition coefficient (Wildman–Crippen LogP) is 4.42. The van der Waals surface area contributed by atoms with Crippen LogP contribution in [0.2, 0.25) is 0 Å². The molecule has 5 rings (SSSR count). The van der Waals surface area contributed by atoms with Crippen molar-refractivity contribution in [2.75, 3.05) is 18.4 Å². The number of nitrogens with zero attached hydrogens (tertiary/aromatic N) is 3. The van der Waals surface area contributed by atoms with Crippen molar-refractivity contribution in [3.63, 3.8) is 0 Å². The van der Waals surface area contributed by atoms with Gasteiger partial charge in [-0.3, -0.25) is 9.20 Å². The number of hydrogen-bond donors (Lipinski definition) is 1. The second-order valence-electron chi connectivity index (χ2n) is 8.13. The van der Waals surface area contributed by atoms with Crippen molar-refractivity contribution >= 4 is 37.9 Å². The Morgan fingerprint density at radius 2 is 1.73 bits per heavy atom. The van der Waals surface area contributed by atoms with Gasteiger partial charge in [0.15, 0.2) is 4.96 Å². The lowest BCUT2D eigenvalue weighted by Gasteiger charge is -2.25. The Morgan fingerprint density at radius 1 is 1.00 bits per heavy atom. The highest BCUT2D eigenvalue weighted by Gasteiger charge is 2.25. The van der Waals surface area contributed by atoms with Crippen molar-refractivity contribution in [1.82, 2.24) is 13.7 Å². The molecule has 9 heteroatoms. The van der Waals surface area contributed by atoms with Gasteiger partial charge in [0.2, 0.25) is 15.9 Å². The molecule has 0 aliphatic carbocycles. The van der Waals surface area contributed by atoms with Gasteiger partial charge in [-0.05, 0) is 42.7 Å². The summed E-state index contributed by atoms with van der Waals surface area (Å²) < 4.78 is 29.1. The highest BCUT2D eigenvalue weighted by atomic mass is 32.2. The molecule has 170 valence electrons. The van der Waals surface area contributed by atoms with Gasteiger partial charge < -0.3 is 5.32 Å². The lowest BCUT2D eigenvalue weighted by molar-refractivity contribution is -0.115. The minimum atomic E-state index is -3.46. The van der Waals surface area contributed by atoms with Gasteiger partial charge in [-0.2, -0.15) is 4.31 Å². The number of aromatic nitrogens is 2. The summed E-state index contributed by atoms with van der Waals surface area (Å²) in [5.74, 6) is -0.156. The molecule has 1 N–H and O–H groups in total. The number of thiazole rings is 1. The second kappa shape index (κ2) is 9.09. The fourth-order valence-electron chi connectivity index (χ4n) is 4.02. The van der Waals surface area contributed by atoms with E-state index in [9.17, 15) is 13.2 Å². The summed E-state index contributed by atoms with van der Waals surface area (Å²) in [7, 11) is -3.46. The molecular formula is C24H24N4O3S2. The molecule has 3 heterocycles. The van der Waals surface area contributed by atoms with Gasteiger partial charge in [-0.15, -0.1) is 11.3 Å². The first-order chi connectivity index (χ1) is 16.0. The van der Waals surface area contributed by atoms with Crippen LogP contribution < -0.4 is 5.32 Å². The standard InChI is InChI=1S/C24H24N4O3S2/c29-23(16-18-4-10-21(11-5-18)33(30,31)28-12-2-1-3-13-28)25-20-8-6-19(7-9-20)22-17-27-14-15-32-24(27)26-22/h4-11,14-15,17H,1-3,12-13,16H2,(H,25,29). The number of amides is 1. The van der Waals surface area contributed by atoms with E-state index in [0.717, 1.165) is 41.0 Å². The quantitative estimate of drug-likeness (QED) is 0.443. The lowest BCUT2D eigenvalue weighted by Crippen LogP contribution is -2.35. The maximum absolute atomic E-state index is 12.8. The molecule has 7 nitrogen and oxygen atoms in total. The van der Waals surface area contributed by atoms with Crippen molar-refractivity contribution in [3.05, 3.63) is 71.9 Å². The zero-order valence-electron chi connectivity index (χ0n) is 18.0. The van der Waals surface area contributed by atoms with Crippen LogP contribution in [0.5, 0.6) is 0 Å². The van der Waals surface area contributed by atoms with E-state index in [2.05, 4.69) is 10.3 Å². The minimum Gasteiger partial charge on any atom is -0.326 e. The molecule has 33 heavy (non-hydrogen) atoms. The van der Waals surface area contributed by atoms with E-state index in [1.54, 1.807) is 39.9 Å². The number of sulfonamides is 1. The van der Waals surface area contributed by atoms with E-state index in [1.165, 1.54) is 0 Å². The molecule has 2 aromatic carbocycles. The highest BCUT2D eigenvalue weighted by molar-refractivity contribution is 7.89. The Labute approximate surface area is 196 Å². The number of hydrogen-bond acceptors (Lipinski definition) is 5. The number of nitrogens with one attached hydrogen (secondary N) is 1. The number of rotatable bonds is 6. The predicted molar refractivity (Wildman–Crippen MR) is 130 cm³/mol. The van der Waals surface area contributed by atoms with Gasteiger partial charge in [0.05, 0.1) is 17.0 Å². The summed E-state index contributed by atoms with van der Waals surface area (Å²) >= 11 is 1.58. The molecule has 2 aromatic heterocycles. The molecule has 1 aliphatic heterocycles. The van der Waals surface area contributed by atoms with Crippen LogP contribution in [0.1, 0.15) is 24.8 Å². The third-order valence-corrected chi connectivity index (χ3v) is 8.48. The fourth-order valence-corrected chi connectivity index (χ4v) is 6.23. The smallest absolute Gasteiger partial charge is 0.243 e. The number of fused-ring (bicyclic) bond motifs is 1. The summed E-state index contributed by atoms with van der Waals surface area (Å²) in [6.45, 7) is 1.15. The van der Waals surface area contributed by atoms with Gasteiger partial charge in [0.25, 0.3) is 0 Å². The highest BCUT2D eigenvalue weighted by Crippen LogP contribution is 2.24. The number of imidazole rings is 1. The van der Waals surface area contributed by atoms with Gasteiger partial charge in [0, 0.05) is 42.1 Å². The Kier molecular flexibility index (Phi) is 6.01. The van der Waals surface area contributed by atoms with Crippen LogP contribution in [-0.4, -0.2) is 41.1 Å². The molecule has 1 amide bonds. The molecule has 1 fully saturated rings. The van der Waals surface area contributed by atoms with Crippen LogP contribution in [0.25, 0.3) is 16.2 Å². The zero-order valence-corrected chi connectivity index (χ0v) is 19.6. The molecule has 4 aromatic rings. The van der Waals surface area contributed by atoms with Crippen LogP contribution in [0.15, 0.2) is 71.2 Å². The van der Waals surface area contributed by atoms with Gasteiger partial charge in [-0.1, -0.05) is 30.7 Å². The number of anilines is 1. The first-order valence-corrected chi connectivity index (χ1v) is 13.2. The number of carbonyl (C=O) groups is 1. The van der Waals surface area contributed by atoms with Crippen LogP contribution >= 0.6 is 11.3 Å². The van der Waals surface area contributed by atoms with Crippen LogP contribution in [-0.2, 0) is 21.2 Å². The normalized spacial score (nSPS) is 15.0. The lowest BCUT2D eigenvalue weighted by atomic mass is 10.1. The van der Waals surface area contributed by atoms with Crippen molar-refractivity contribution in [2.45, 2.75) is 30.6 Å². The maximum atomic E-state index is 12.8. The summed E-state index contributed by atoms with van der Waals surface area (Å²) in [6.07, 6.45) is 7.00. The van der Waals surface area contributed by atoms with E-state index < -0.39 is 10.0 Å². The van der Waals surface area contributed by atoms with E-state index in [0.29, 0.717) is 18.8 Å². The minimum absolute atomic E-state index is 0.156. The Morgan fingerprint density at radius 3 is 2.42 bits per heavy atom. The topological polar surface area (TPSA) is 83.8 Å². The van der Waals surface area contributed by atoms with Gasteiger partial charge in [0.1, 0.15) is 0 Å². The molecule has 0 unspecified atom stereocenters. The molecule has 0 radical (unpaired) electrons. The summed E-state index contributed by atoms with van der Waals surface area (Å²) in [4.78, 5) is 18.3. The Hall–Kier alpha value is -3.01. The van der Waals surface area contributed by atoms with E-state index in [4.69, 9.17) is 0 Å². The van der Waals surface area contributed by atoms with Crippen LogP contribution in [0.3, 0.4) is 0 Å². The fraction of sp³-hybridized carbons (Fsp3) is 0.250. The van der Waals surface area contributed by atoms with Crippen LogP contribution in [0.4, 0.5) is 5.69 Å². The average Bonchev–Trinajstić information content (AvgIpc) is 3.43. The SMILES string of the molecule is O=C(Cc1ccc(S(=O)(=O)N2CCCCC2)cc1)Nc1ccc(-c2cn3ccsc3n2)cc1. The molecule has 0 atom stereocenters.